The van der Waals surface area contributed by atoms with Gasteiger partial charge in [-0.3, -0.25) is 0 Å². The molecule has 0 spiro atoms. The molecule has 0 aliphatic rings. The van der Waals surface area contributed by atoms with Crippen LogP contribution >= 0.6 is 71.9 Å². The Hall–Kier alpha value is 1.45. The largest absolute Gasteiger partial charge is 0.178 e. The molecule has 0 fully saturated rings. The molecule has 0 aliphatic heterocycles. The first kappa shape index (κ1) is 21.4. The summed E-state index contributed by atoms with van der Waals surface area (Å²) in [7, 11) is 0. The van der Waals surface area contributed by atoms with Crippen molar-refractivity contribution in [1.82, 2.24) is 0 Å². The predicted molar refractivity (Wildman–Crippen MR) is 113 cm³/mol. The summed E-state index contributed by atoms with van der Waals surface area (Å²) in [6, 6.07) is 4.04. The molecule has 1 rings (SSSR count). The summed E-state index contributed by atoms with van der Waals surface area (Å²) >= 11 is 16.6. The zero-order chi connectivity index (χ0) is 15.1. The lowest BCUT2D eigenvalue weighted by Crippen LogP contribution is -2.14. The number of rotatable bonds is 10. The molecule has 1 aromatic heterocycles. The van der Waals surface area contributed by atoms with Gasteiger partial charge in [0.15, 0.2) is 0 Å². The molecular formula is C14H26S6. The quantitative estimate of drug-likeness (QED) is 0.505. The van der Waals surface area contributed by atoms with E-state index in [0.717, 1.165) is 22.0 Å². The van der Waals surface area contributed by atoms with E-state index in [4.69, 9.17) is 0 Å². The molecule has 1 aromatic rings. The molecule has 0 amide bonds. The van der Waals surface area contributed by atoms with Crippen molar-refractivity contribution in [3.8, 4) is 0 Å². The monoisotopic (exact) mass is 386 g/mol. The standard InChI is InChI=1S/C10H22S5.C4H4S/c1-3-14-9(5-11)7-13-8-10(6-12)15-4-2;1-2-4-5-3-1/h9-12H,3-8H2,1-2H3;1-4H. The van der Waals surface area contributed by atoms with Crippen LogP contribution in [0.5, 0.6) is 0 Å². The second-order valence-corrected chi connectivity index (χ2v) is 9.63. The Morgan fingerprint density at radius 1 is 0.900 bits per heavy atom. The van der Waals surface area contributed by atoms with Gasteiger partial charge in [-0.1, -0.05) is 26.0 Å². The van der Waals surface area contributed by atoms with Crippen LogP contribution in [0.2, 0.25) is 0 Å². The Kier molecular flexibility index (Phi) is 18.0. The first-order valence-electron chi connectivity index (χ1n) is 6.78. The molecule has 20 heavy (non-hydrogen) atoms. The van der Waals surface area contributed by atoms with Crippen molar-refractivity contribution < 1.29 is 0 Å². The van der Waals surface area contributed by atoms with E-state index < -0.39 is 0 Å². The maximum absolute atomic E-state index is 4.38. The fourth-order valence-electron chi connectivity index (χ4n) is 1.34. The van der Waals surface area contributed by atoms with Crippen molar-refractivity contribution in [3.05, 3.63) is 22.9 Å². The minimum Gasteiger partial charge on any atom is -0.178 e. The Balaban J connectivity index is 0.000000595. The normalized spacial score (nSPS) is 13.4. The molecule has 0 saturated heterocycles. The molecule has 0 aromatic carbocycles. The average molecular weight is 387 g/mol. The van der Waals surface area contributed by atoms with Gasteiger partial charge in [0, 0.05) is 33.5 Å². The van der Waals surface area contributed by atoms with Crippen LogP contribution in [0.15, 0.2) is 22.9 Å². The number of thiol groups is 2. The Bertz CT molecular complexity index is 233. The fourth-order valence-corrected chi connectivity index (χ4v) is 6.43. The predicted octanol–water partition coefficient (Wildman–Crippen LogP) is 5.57. The first-order valence-corrected chi connectivity index (χ1v) is 12.2. The van der Waals surface area contributed by atoms with E-state index in [2.05, 4.69) is 50.9 Å². The molecule has 0 nitrogen and oxygen atoms in total. The van der Waals surface area contributed by atoms with E-state index in [1.54, 1.807) is 11.3 Å². The molecule has 1 heterocycles. The third kappa shape index (κ3) is 13.1. The van der Waals surface area contributed by atoms with Gasteiger partial charge in [0.25, 0.3) is 0 Å². The summed E-state index contributed by atoms with van der Waals surface area (Å²) in [4.78, 5) is 0. The third-order valence-corrected chi connectivity index (χ3v) is 8.22. The summed E-state index contributed by atoms with van der Waals surface area (Å²) in [6.07, 6.45) is 0. The van der Waals surface area contributed by atoms with Gasteiger partial charge in [0.2, 0.25) is 0 Å². The zero-order valence-corrected chi connectivity index (χ0v) is 17.3. The highest BCUT2D eigenvalue weighted by atomic mass is 32.2. The van der Waals surface area contributed by atoms with Crippen LogP contribution in [-0.2, 0) is 0 Å². The van der Waals surface area contributed by atoms with Crippen molar-refractivity contribution >= 4 is 71.9 Å². The molecule has 0 saturated carbocycles. The highest BCUT2D eigenvalue weighted by Crippen LogP contribution is 2.22. The smallest absolute Gasteiger partial charge is 0.0226 e. The number of thiophene rings is 1. The van der Waals surface area contributed by atoms with E-state index in [0.29, 0.717) is 0 Å². The van der Waals surface area contributed by atoms with Gasteiger partial charge in [-0.25, -0.2) is 0 Å². The molecular weight excluding hydrogens is 361 g/mol. The lowest BCUT2D eigenvalue weighted by Gasteiger charge is -2.16. The van der Waals surface area contributed by atoms with Crippen LogP contribution in [0.4, 0.5) is 0 Å². The molecule has 2 unspecified atom stereocenters. The molecule has 2 atom stereocenters. The van der Waals surface area contributed by atoms with Crippen molar-refractivity contribution in [3.63, 3.8) is 0 Å². The lowest BCUT2D eigenvalue weighted by molar-refractivity contribution is 1.12. The highest BCUT2D eigenvalue weighted by molar-refractivity contribution is 8.05. The van der Waals surface area contributed by atoms with E-state index in [1.165, 1.54) is 23.0 Å². The van der Waals surface area contributed by atoms with Gasteiger partial charge >= 0.3 is 0 Å². The van der Waals surface area contributed by atoms with Gasteiger partial charge in [0.1, 0.15) is 0 Å². The third-order valence-electron chi connectivity index (χ3n) is 2.24. The molecule has 6 heteroatoms. The van der Waals surface area contributed by atoms with E-state index in [1.807, 2.05) is 46.4 Å². The first-order chi connectivity index (χ1) is 9.78. The number of thioether (sulfide) groups is 3. The Labute approximate surface area is 152 Å². The van der Waals surface area contributed by atoms with Crippen LogP contribution in [0.3, 0.4) is 0 Å². The van der Waals surface area contributed by atoms with Crippen molar-refractivity contribution in [2.75, 3.05) is 34.5 Å². The topological polar surface area (TPSA) is 0 Å². The van der Waals surface area contributed by atoms with Crippen LogP contribution in [0.25, 0.3) is 0 Å². The maximum Gasteiger partial charge on any atom is 0.0226 e. The van der Waals surface area contributed by atoms with Gasteiger partial charge in [-0.15, -0.1) is 0 Å². The van der Waals surface area contributed by atoms with Gasteiger partial charge in [0.05, 0.1) is 0 Å². The summed E-state index contributed by atoms with van der Waals surface area (Å²) in [5, 5.41) is 5.52. The van der Waals surface area contributed by atoms with Crippen LogP contribution < -0.4 is 0 Å². The van der Waals surface area contributed by atoms with E-state index >= 15 is 0 Å². The van der Waals surface area contributed by atoms with Crippen molar-refractivity contribution in [2.24, 2.45) is 0 Å². The molecule has 0 N–H and O–H groups in total. The van der Waals surface area contributed by atoms with Crippen molar-refractivity contribution in [1.29, 1.82) is 0 Å². The SMILES string of the molecule is CCSC(CS)CSCC(CS)SCC.c1ccsc1. The zero-order valence-electron chi connectivity index (χ0n) is 12.2. The summed E-state index contributed by atoms with van der Waals surface area (Å²) in [6.45, 7) is 4.43. The second kappa shape index (κ2) is 16.8. The van der Waals surface area contributed by atoms with Crippen LogP contribution in [-0.4, -0.2) is 45.0 Å². The van der Waals surface area contributed by atoms with E-state index in [-0.39, 0.29) is 0 Å². The second-order valence-electron chi connectivity index (χ2n) is 3.85. The minimum atomic E-state index is 0.718. The van der Waals surface area contributed by atoms with Crippen LogP contribution in [0, 0.1) is 0 Å². The molecule has 118 valence electrons. The van der Waals surface area contributed by atoms with Gasteiger partial charge < -0.3 is 0 Å². The summed E-state index contributed by atoms with van der Waals surface area (Å²) < 4.78 is 0. The molecule has 0 bridgehead atoms. The van der Waals surface area contributed by atoms with E-state index in [9.17, 15) is 0 Å². The summed E-state index contributed by atoms with van der Waals surface area (Å²) in [5.41, 5.74) is 0. The number of hydrogen-bond acceptors (Lipinski definition) is 6. The Morgan fingerprint density at radius 2 is 1.35 bits per heavy atom. The number of hydrogen-bond donors (Lipinski definition) is 2. The Morgan fingerprint density at radius 3 is 1.60 bits per heavy atom. The molecule has 0 radical (unpaired) electrons. The fraction of sp³-hybridized carbons (Fsp3) is 0.714. The highest BCUT2D eigenvalue weighted by Gasteiger charge is 2.10. The average Bonchev–Trinajstić information content (AvgIpc) is 3.04. The summed E-state index contributed by atoms with van der Waals surface area (Å²) in [5.74, 6) is 6.86. The molecule has 0 aliphatic carbocycles. The van der Waals surface area contributed by atoms with Gasteiger partial charge in [-0.2, -0.15) is 71.9 Å². The van der Waals surface area contributed by atoms with Crippen molar-refractivity contribution in [2.45, 2.75) is 24.3 Å². The van der Waals surface area contributed by atoms with Crippen LogP contribution in [0.1, 0.15) is 13.8 Å². The maximum atomic E-state index is 4.38. The lowest BCUT2D eigenvalue weighted by atomic mass is 10.5. The minimum absolute atomic E-state index is 0.718. The van der Waals surface area contributed by atoms with Gasteiger partial charge in [-0.05, 0) is 22.3 Å².